The summed E-state index contributed by atoms with van der Waals surface area (Å²) in [5.41, 5.74) is 1.78. The second-order valence-electron chi connectivity index (χ2n) is 4.01. The van der Waals surface area contributed by atoms with Crippen LogP contribution in [0, 0.1) is 6.92 Å². The van der Waals surface area contributed by atoms with Gasteiger partial charge in [0.2, 0.25) is 0 Å². The van der Waals surface area contributed by atoms with Crippen LogP contribution in [0.1, 0.15) is 11.4 Å². The fraction of sp³-hybridized carbons (Fsp3) is 0.250. The fourth-order valence-corrected chi connectivity index (χ4v) is 2.89. The summed E-state index contributed by atoms with van der Waals surface area (Å²) in [6, 6.07) is 5.67. The number of aromatic nitrogens is 3. The van der Waals surface area contributed by atoms with E-state index in [0.717, 1.165) is 27.5 Å². The molecule has 0 radical (unpaired) electrons. The second-order valence-corrected chi connectivity index (χ2v) is 5.86. The van der Waals surface area contributed by atoms with Crippen LogP contribution >= 0.6 is 27.7 Å². The normalized spacial score (nSPS) is 10.8. The van der Waals surface area contributed by atoms with Gasteiger partial charge in [-0.15, -0.1) is 10.2 Å². The van der Waals surface area contributed by atoms with Crippen molar-refractivity contribution < 1.29 is 15.0 Å². The molecule has 0 atom stereocenters. The van der Waals surface area contributed by atoms with Gasteiger partial charge in [-0.2, -0.15) is 0 Å². The number of aliphatic hydroxyl groups is 1. The average molecular weight is 358 g/mol. The lowest BCUT2D eigenvalue weighted by atomic mass is 10.2. The maximum absolute atomic E-state index is 10.7. The summed E-state index contributed by atoms with van der Waals surface area (Å²) in [5.74, 6) is -0.662. The van der Waals surface area contributed by atoms with Crippen molar-refractivity contribution in [3.05, 3.63) is 34.1 Å². The van der Waals surface area contributed by atoms with Crippen LogP contribution in [0.25, 0.3) is 5.69 Å². The minimum atomic E-state index is -0.928. The van der Waals surface area contributed by atoms with Crippen LogP contribution in [0.2, 0.25) is 0 Å². The lowest BCUT2D eigenvalue weighted by Crippen LogP contribution is -2.06. The van der Waals surface area contributed by atoms with Crippen molar-refractivity contribution in [3.8, 4) is 5.69 Å². The van der Waals surface area contributed by atoms with E-state index in [9.17, 15) is 9.90 Å². The first-order valence-electron chi connectivity index (χ1n) is 5.69. The first-order chi connectivity index (χ1) is 9.52. The Morgan fingerprint density at radius 2 is 2.20 bits per heavy atom. The molecular formula is C12H12BrN3O3S. The predicted molar refractivity (Wildman–Crippen MR) is 78.1 cm³/mol. The lowest BCUT2D eigenvalue weighted by Gasteiger charge is -2.11. The zero-order valence-corrected chi connectivity index (χ0v) is 13.0. The molecule has 0 bridgehead atoms. The van der Waals surface area contributed by atoms with Gasteiger partial charge in [-0.25, -0.2) is 0 Å². The molecule has 0 aliphatic rings. The first kappa shape index (κ1) is 15.0. The Balaban J connectivity index is 2.47. The largest absolute Gasteiger partial charge is 0.481 e. The molecule has 0 saturated heterocycles. The van der Waals surface area contributed by atoms with E-state index in [-0.39, 0.29) is 12.4 Å². The quantitative estimate of drug-likeness (QED) is 0.795. The summed E-state index contributed by atoms with van der Waals surface area (Å²) in [7, 11) is 0. The SMILES string of the molecule is Cc1cc(Br)ccc1-n1c(CO)nnc1SCC(=O)O. The average Bonchev–Trinajstić information content (AvgIpc) is 2.79. The van der Waals surface area contributed by atoms with Crippen molar-refractivity contribution in [1.82, 2.24) is 14.8 Å². The topological polar surface area (TPSA) is 88.2 Å². The summed E-state index contributed by atoms with van der Waals surface area (Å²) >= 11 is 4.46. The number of benzene rings is 1. The Labute approximate surface area is 128 Å². The van der Waals surface area contributed by atoms with Gasteiger partial charge in [0, 0.05) is 4.47 Å². The molecular weight excluding hydrogens is 346 g/mol. The molecule has 1 aromatic heterocycles. The van der Waals surface area contributed by atoms with Crippen molar-refractivity contribution in [1.29, 1.82) is 0 Å². The van der Waals surface area contributed by atoms with Gasteiger partial charge >= 0.3 is 5.97 Å². The highest BCUT2D eigenvalue weighted by Crippen LogP contribution is 2.26. The molecule has 8 heteroatoms. The third kappa shape index (κ3) is 3.20. The molecule has 0 amide bonds. The molecule has 0 spiro atoms. The molecule has 0 fully saturated rings. The van der Waals surface area contributed by atoms with E-state index in [4.69, 9.17) is 5.11 Å². The number of aliphatic hydroxyl groups excluding tert-OH is 1. The molecule has 106 valence electrons. The molecule has 20 heavy (non-hydrogen) atoms. The molecule has 0 saturated carbocycles. The second kappa shape index (κ2) is 6.38. The number of hydrogen-bond donors (Lipinski definition) is 2. The Morgan fingerprint density at radius 3 is 2.80 bits per heavy atom. The molecule has 1 aromatic carbocycles. The van der Waals surface area contributed by atoms with Crippen LogP contribution in [-0.4, -0.2) is 36.7 Å². The van der Waals surface area contributed by atoms with Gasteiger partial charge in [-0.3, -0.25) is 9.36 Å². The number of nitrogens with zero attached hydrogens (tertiary/aromatic N) is 3. The monoisotopic (exact) mass is 357 g/mol. The van der Waals surface area contributed by atoms with Gasteiger partial charge in [0.25, 0.3) is 0 Å². The molecule has 1 heterocycles. The van der Waals surface area contributed by atoms with Crippen molar-refractivity contribution in [3.63, 3.8) is 0 Å². The number of carbonyl (C=O) groups is 1. The van der Waals surface area contributed by atoms with E-state index in [1.54, 1.807) is 4.57 Å². The molecule has 6 nitrogen and oxygen atoms in total. The van der Waals surface area contributed by atoms with Crippen molar-refractivity contribution >= 4 is 33.7 Å². The standard InChI is InChI=1S/C12H12BrN3O3S/c1-7-4-8(13)2-3-9(7)16-10(5-17)14-15-12(16)20-6-11(18)19/h2-4,17H,5-6H2,1H3,(H,18,19). The van der Waals surface area contributed by atoms with E-state index >= 15 is 0 Å². The van der Waals surface area contributed by atoms with Crippen LogP contribution in [0.15, 0.2) is 27.8 Å². The maximum Gasteiger partial charge on any atom is 0.313 e. The Morgan fingerprint density at radius 1 is 1.45 bits per heavy atom. The molecule has 2 aromatic rings. The van der Waals surface area contributed by atoms with Crippen LogP contribution in [0.3, 0.4) is 0 Å². The summed E-state index contributed by atoms with van der Waals surface area (Å²) < 4.78 is 2.62. The number of carboxylic acid groups (broad SMARTS) is 1. The van der Waals surface area contributed by atoms with Gasteiger partial charge in [-0.1, -0.05) is 27.7 Å². The van der Waals surface area contributed by atoms with E-state index in [1.165, 1.54) is 0 Å². The highest BCUT2D eigenvalue weighted by molar-refractivity contribution is 9.10. The van der Waals surface area contributed by atoms with Gasteiger partial charge in [0.1, 0.15) is 6.61 Å². The summed E-state index contributed by atoms with van der Waals surface area (Å²) in [6.07, 6.45) is 0. The number of aryl methyl sites for hydroxylation is 1. The number of carboxylic acids is 1. The number of rotatable bonds is 5. The summed E-state index contributed by atoms with van der Waals surface area (Å²) in [4.78, 5) is 10.7. The lowest BCUT2D eigenvalue weighted by molar-refractivity contribution is -0.133. The van der Waals surface area contributed by atoms with Gasteiger partial charge < -0.3 is 10.2 Å². The Bertz CT molecular complexity index is 645. The number of hydrogen-bond acceptors (Lipinski definition) is 5. The predicted octanol–water partition coefficient (Wildman–Crippen LogP) is 2.01. The third-order valence-corrected chi connectivity index (χ3v) is 3.97. The zero-order valence-electron chi connectivity index (χ0n) is 10.6. The third-order valence-electron chi connectivity index (χ3n) is 2.57. The zero-order chi connectivity index (χ0) is 14.7. The smallest absolute Gasteiger partial charge is 0.313 e. The summed E-state index contributed by atoms with van der Waals surface area (Å²) in [6.45, 7) is 1.66. The maximum atomic E-state index is 10.7. The fourth-order valence-electron chi connectivity index (χ4n) is 1.73. The van der Waals surface area contributed by atoms with Crippen LogP contribution < -0.4 is 0 Å². The van der Waals surface area contributed by atoms with Crippen LogP contribution in [-0.2, 0) is 11.4 Å². The van der Waals surface area contributed by atoms with Gasteiger partial charge in [0.15, 0.2) is 11.0 Å². The van der Waals surface area contributed by atoms with Crippen molar-refractivity contribution in [2.45, 2.75) is 18.7 Å². The minimum Gasteiger partial charge on any atom is -0.481 e. The number of halogens is 1. The molecule has 2 rings (SSSR count). The molecule has 0 unspecified atom stereocenters. The highest BCUT2D eigenvalue weighted by atomic mass is 79.9. The molecule has 0 aliphatic carbocycles. The van der Waals surface area contributed by atoms with E-state index in [0.29, 0.717) is 11.0 Å². The summed E-state index contributed by atoms with van der Waals surface area (Å²) in [5, 5.41) is 26.4. The van der Waals surface area contributed by atoms with Gasteiger partial charge in [-0.05, 0) is 30.7 Å². The van der Waals surface area contributed by atoms with Crippen LogP contribution in [0.5, 0.6) is 0 Å². The molecule has 2 N–H and O–H groups in total. The van der Waals surface area contributed by atoms with Gasteiger partial charge in [0.05, 0.1) is 11.4 Å². The number of thioether (sulfide) groups is 1. The first-order valence-corrected chi connectivity index (χ1v) is 7.47. The van der Waals surface area contributed by atoms with E-state index in [2.05, 4.69) is 26.1 Å². The highest BCUT2D eigenvalue weighted by Gasteiger charge is 2.16. The van der Waals surface area contributed by atoms with E-state index < -0.39 is 5.97 Å². The van der Waals surface area contributed by atoms with Crippen molar-refractivity contribution in [2.75, 3.05) is 5.75 Å². The van der Waals surface area contributed by atoms with Crippen LogP contribution in [0.4, 0.5) is 0 Å². The Kier molecular flexibility index (Phi) is 4.79. The van der Waals surface area contributed by atoms with Crippen molar-refractivity contribution in [2.24, 2.45) is 0 Å². The minimum absolute atomic E-state index is 0.112. The Hall–Kier alpha value is -1.38. The number of aliphatic carboxylic acids is 1. The van der Waals surface area contributed by atoms with E-state index in [1.807, 2.05) is 25.1 Å². The molecule has 0 aliphatic heterocycles.